The van der Waals surface area contributed by atoms with E-state index in [9.17, 15) is 13.2 Å². The number of aliphatic hydroxyl groups excluding tert-OH is 1. The lowest BCUT2D eigenvalue weighted by atomic mass is 10.1. The van der Waals surface area contributed by atoms with Gasteiger partial charge in [-0.05, 0) is 26.0 Å². The van der Waals surface area contributed by atoms with E-state index in [0.717, 1.165) is 0 Å². The van der Waals surface area contributed by atoms with Crippen molar-refractivity contribution in [1.29, 1.82) is 0 Å². The molecular formula is C13H20N2O4S. The maximum atomic E-state index is 11.9. The molecule has 0 aliphatic heterocycles. The maximum absolute atomic E-state index is 11.9. The molecular weight excluding hydrogens is 280 g/mol. The summed E-state index contributed by atoms with van der Waals surface area (Å²) in [5.41, 5.74) is -0.713. The molecule has 1 aromatic rings. The van der Waals surface area contributed by atoms with E-state index >= 15 is 0 Å². The van der Waals surface area contributed by atoms with Crippen LogP contribution in [0.4, 0.5) is 0 Å². The van der Waals surface area contributed by atoms with Crippen LogP contribution in [0.25, 0.3) is 0 Å². The van der Waals surface area contributed by atoms with Gasteiger partial charge in [0.05, 0.1) is 17.0 Å². The molecule has 0 saturated carbocycles. The lowest BCUT2D eigenvalue weighted by molar-refractivity contribution is -0.123. The van der Waals surface area contributed by atoms with E-state index in [0.29, 0.717) is 0 Å². The molecule has 112 valence electrons. The average Bonchev–Trinajstić information content (AvgIpc) is 2.39. The van der Waals surface area contributed by atoms with Crippen molar-refractivity contribution in [3.63, 3.8) is 0 Å². The molecule has 1 rings (SSSR count). The van der Waals surface area contributed by atoms with Gasteiger partial charge in [-0.2, -0.15) is 0 Å². The number of hydrogen-bond acceptors (Lipinski definition) is 4. The SMILES string of the molecule is CC(C)(CO)NC(=O)CCNS(=O)(=O)c1ccccc1. The molecule has 0 radical (unpaired) electrons. The third-order valence-corrected chi connectivity index (χ3v) is 4.05. The van der Waals surface area contributed by atoms with Gasteiger partial charge in [0.1, 0.15) is 0 Å². The highest BCUT2D eigenvalue weighted by molar-refractivity contribution is 7.89. The summed E-state index contributed by atoms with van der Waals surface area (Å²) >= 11 is 0. The first-order chi connectivity index (χ1) is 9.27. The molecule has 6 nitrogen and oxygen atoms in total. The molecule has 0 atom stereocenters. The summed E-state index contributed by atoms with van der Waals surface area (Å²) in [5.74, 6) is -0.320. The Balaban J connectivity index is 2.47. The number of nitrogens with one attached hydrogen (secondary N) is 2. The van der Waals surface area contributed by atoms with Gasteiger partial charge in [0.25, 0.3) is 0 Å². The lowest BCUT2D eigenvalue weighted by Gasteiger charge is -2.23. The first-order valence-electron chi connectivity index (χ1n) is 6.23. The largest absolute Gasteiger partial charge is 0.394 e. The summed E-state index contributed by atoms with van der Waals surface area (Å²) in [5, 5.41) is 11.6. The minimum absolute atomic E-state index is 0.00453. The summed E-state index contributed by atoms with van der Waals surface area (Å²) in [7, 11) is -3.58. The quantitative estimate of drug-likeness (QED) is 0.672. The van der Waals surface area contributed by atoms with Crippen LogP contribution in [-0.4, -0.2) is 38.1 Å². The molecule has 1 aromatic carbocycles. The van der Waals surface area contributed by atoms with Crippen molar-refractivity contribution in [3.8, 4) is 0 Å². The Kier molecular flexibility index (Phi) is 5.67. The Labute approximate surface area is 119 Å². The smallest absolute Gasteiger partial charge is 0.240 e. The molecule has 0 aliphatic rings. The minimum Gasteiger partial charge on any atom is -0.394 e. The summed E-state index contributed by atoms with van der Waals surface area (Å²) < 4.78 is 26.1. The molecule has 7 heteroatoms. The van der Waals surface area contributed by atoms with E-state index in [2.05, 4.69) is 10.0 Å². The van der Waals surface area contributed by atoms with Crippen molar-refractivity contribution in [2.75, 3.05) is 13.2 Å². The van der Waals surface area contributed by atoms with Crippen LogP contribution in [0, 0.1) is 0 Å². The molecule has 0 fully saturated rings. The number of sulfonamides is 1. The monoisotopic (exact) mass is 300 g/mol. The number of benzene rings is 1. The standard InChI is InChI=1S/C13H20N2O4S/c1-13(2,10-16)15-12(17)8-9-14-20(18,19)11-6-4-3-5-7-11/h3-7,14,16H,8-10H2,1-2H3,(H,15,17). The predicted molar refractivity (Wildman–Crippen MR) is 75.6 cm³/mol. The van der Waals surface area contributed by atoms with Crippen LogP contribution < -0.4 is 10.0 Å². The summed E-state index contributed by atoms with van der Waals surface area (Å²) in [6, 6.07) is 7.95. The van der Waals surface area contributed by atoms with E-state index in [4.69, 9.17) is 5.11 Å². The molecule has 0 aliphatic carbocycles. The highest BCUT2D eigenvalue weighted by atomic mass is 32.2. The molecule has 3 N–H and O–H groups in total. The zero-order chi connectivity index (χ0) is 15.2. The van der Waals surface area contributed by atoms with E-state index < -0.39 is 15.6 Å². The summed E-state index contributed by atoms with van der Waals surface area (Å²) in [4.78, 5) is 11.7. The number of carbonyl (C=O) groups excluding carboxylic acids is 1. The highest BCUT2D eigenvalue weighted by Gasteiger charge is 2.19. The van der Waals surface area contributed by atoms with E-state index in [1.165, 1.54) is 12.1 Å². The highest BCUT2D eigenvalue weighted by Crippen LogP contribution is 2.07. The van der Waals surface area contributed by atoms with Gasteiger partial charge < -0.3 is 10.4 Å². The van der Waals surface area contributed by atoms with Gasteiger partial charge in [0, 0.05) is 13.0 Å². The molecule has 0 unspecified atom stereocenters. The van der Waals surface area contributed by atoms with Crippen molar-refractivity contribution in [2.24, 2.45) is 0 Å². The Morgan fingerprint density at radius 1 is 1.25 bits per heavy atom. The van der Waals surface area contributed by atoms with Crippen LogP contribution in [0.1, 0.15) is 20.3 Å². The fourth-order valence-corrected chi connectivity index (χ4v) is 2.51. The van der Waals surface area contributed by atoms with Crippen molar-refractivity contribution in [2.45, 2.75) is 30.7 Å². The van der Waals surface area contributed by atoms with Crippen LogP contribution in [0.5, 0.6) is 0 Å². The van der Waals surface area contributed by atoms with E-state index in [1.807, 2.05) is 0 Å². The predicted octanol–water partition coefficient (Wildman–Crippen LogP) is 0.242. The summed E-state index contributed by atoms with van der Waals surface area (Å²) in [6.45, 7) is 3.18. The van der Waals surface area contributed by atoms with Crippen molar-refractivity contribution < 1.29 is 18.3 Å². The third kappa shape index (κ3) is 5.28. The first kappa shape index (κ1) is 16.6. The van der Waals surface area contributed by atoms with Gasteiger partial charge in [-0.15, -0.1) is 0 Å². The van der Waals surface area contributed by atoms with Crippen molar-refractivity contribution in [3.05, 3.63) is 30.3 Å². The van der Waals surface area contributed by atoms with Gasteiger partial charge in [-0.3, -0.25) is 4.79 Å². The number of carbonyl (C=O) groups is 1. The number of amides is 1. The summed E-state index contributed by atoms with van der Waals surface area (Å²) in [6.07, 6.45) is 0.00942. The number of hydrogen-bond donors (Lipinski definition) is 3. The molecule has 1 amide bonds. The number of rotatable bonds is 7. The van der Waals surface area contributed by atoms with Gasteiger partial charge in [0.15, 0.2) is 0 Å². The second kappa shape index (κ2) is 6.83. The van der Waals surface area contributed by atoms with Crippen LogP contribution in [0.15, 0.2) is 35.2 Å². The normalized spacial score (nSPS) is 12.2. The maximum Gasteiger partial charge on any atom is 0.240 e. The van der Waals surface area contributed by atoms with Crippen LogP contribution >= 0.6 is 0 Å². The van der Waals surface area contributed by atoms with Gasteiger partial charge in [0.2, 0.25) is 15.9 Å². The molecule has 0 aromatic heterocycles. The second-order valence-corrected chi connectivity index (χ2v) is 6.82. The number of aliphatic hydroxyl groups is 1. The minimum atomic E-state index is -3.58. The van der Waals surface area contributed by atoms with Crippen LogP contribution in [-0.2, 0) is 14.8 Å². The Bertz CT molecular complexity index is 541. The van der Waals surface area contributed by atoms with E-state index in [-0.39, 0.29) is 30.4 Å². The van der Waals surface area contributed by atoms with Crippen LogP contribution in [0.2, 0.25) is 0 Å². The fourth-order valence-electron chi connectivity index (χ4n) is 1.46. The Morgan fingerprint density at radius 2 is 1.85 bits per heavy atom. The first-order valence-corrected chi connectivity index (χ1v) is 7.72. The molecule has 0 saturated heterocycles. The van der Waals surface area contributed by atoms with Gasteiger partial charge >= 0.3 is 0 Å². The van der Waals surface area contributed by atoms with Gasteiger partial charge in [-0.1, -0.05) is 18.2 Å². The van der Waals surface area contributed by atoms with Crippen molar-refractivity contribution >= 4 is 15.9 Å². The molecule has 0 spiro atoms. The van der Waals surface area contributed by atoms with Gasteiger partial charge in [-0.25, -0.2) is 13.1 Å². The zero-order valence-corrected chi connectivity index (χ0v) is 12.4. The van der Waals surface area contributed by atoms with Crippen molar-refractivity contribution in [1.82, 2.24) is 10.0 Å². The molecule has 0 bridgehead atoms. The Hall–Kier alpha value is -1.44. The van der Waals surface area contributed by atoms with E-state index in [1.54, 1.807) is 32.0 Å². The fraction of sp³-hybridized carbons (Fsp3) is 0.462. The van der Waals surface area contributed by atoms with Crippen LogP contribution in [0.3, 0.4) is 0 Å². The lowest BCUT2D eigenvalue weighted by Crippen LogP contribution is -2.47. The average molecular weight is 300 g/mol. The third-order valence-electron chi connectivity index (χ3n) is 2.57. The second-order valence-electron chi connectivity index (χ2n) is 5.05. The molecule has 0 heterocycles. The Morgan fingerprint density at radius 3 is 2.40 bits per heavy atom. The topological polar surface area (TPSA) is 95.5 Å². The molecule has 20 heavy (non-hydrogen) atoms. The zero-order valence-electron chi connectivity index (χ0n) is 11.6.